The van der Waals surface area contributed by atoms with E-state index in [1.54, 1.807) is 6.07 Å². The van der Waals surface area contributed by atoms with E-state index in [1.165, 1.54) is 32.0 Å². The number of aliphatic imine (C=N–C) groups is 1. The van der Waals surface area contributed by atoms with Crippen molar-refractivity contribution in [3.63, 3.8) is 0 Å². The Hall–Kier alpha value is -3.41. The summed E-state index contributed by atoms with van der Waals surface area (Å²) in [6.07, 6.45) is -1.43. The minimum Gasteiger partial charge on any atom is -0.451 e. The first-order valence-corrected chi connectivity index (χ1v) is 10.3. The maximum Gasteiger partial charge on any atom is 0.331 e. The van der Waals surface area contributed by atoms with Gasteiger partial charge in [0.2, 0.25) is 0 Å². The number of halogens is 3. The highest BCUT2D eigenvalue weighted by atomic mass is 32.2. The molecule has 0 saturated carbocycles. The zero-order chi connectivity index (χ0) is 22.9. The number of ether oxygens (including phenoxy) is 1. The fraction of sp³-hybridized carbons (Fsp3) is 0.211. The van der Waals surface area contributed by atoms with Gasteiger partial charge in [0, 0.05) is 5.56 Å². The van der Waals surface area contributed by atoms with Crippen molar-refractivity contribution in [2.45, 2.75) is 30.9 Å². The predicted octanol–water partition coefficient (Wildman–Crippen LogP) is 2.10. The van der Waals surface area contributed by atoms with Crippen LogP contribution in [0.2, 0.25) is 0 Å². The van der Waals surface area contributed by atoms with Gasteiger partial charge in [-0.2, -0.15) is 0 Å². The van der Waals surface area contributed by atoms with Gasteiger partial charge in [0.05, 0.1) is 10.6 Å². The average molecular weight is 455 g/mol. The van der Waals surface area contributed by atoms with Gasteiger partial charge >= 0.3 is 5.97 Å². The standard InChI is InChI=1S/C19H16F3N3O5S/c1-9(23-17-11-5-3-4-6-14(11)31(28,29)25-17)19(27)30-10(2)18(26)24-13-8-7-12(20)15(21)16(13)22/h3-10H,1-2H3,(H,23,25)(H,24,26)/t9-,10+/m0/s1. The minimum absolute atomic E-state index is 0.00983. The van der Waals surface area contributed by atoms with E-state index in [2.05, 4.69) is 9.71 Å². The number of nitrogens with one attached hydrogen (secondary N) is 2. The molecule has 1 aliphatic rings. The number of benzene rings is 2. The smallest absolute Gasteiger partial charge is 0.331 e. The Labute approximate surface area is 175 Å². The fourth-order valence-corrected chi connectivity index (χ4v) is 3.90. The van der Waals surface area contributed by atoms with Gasteiger partial charge in [-0.05, 0) is 38.1 Å². The van der Waals surface area contributed by atoms with Crippen LogP contribution in [-0.2, 0) is 24.3 Å². The molecule has 164 valence electrons. The largest absolute Gasteiger partial charge is 0.451 e. The number of sulfonamides is 1. The number of hydrogen-bond acceptors (Lipinski definition) is 6. The lowest BCUT2D eigenvalue weighted by Gasteiger charge is -2.16. The van der Waals surface area contributed by atoms with Crippen LogP contribution in [0.3, 0.4) is 0 Å². The molecule has 1 heterocycles. The van der Waals surface area contributed by atoms with Crippen LogP contribution >= 0.6 is 0 Å². The van der Waals surface area contributed by atoms with E-state index < -0.39 is 57.2 Å². The number of rotatable bonds is 5. The van der Waals surface area contributed by atoms with Gasteiger partial charge in [0.25, 0.3) is 15.9 Å². The van der Waals surface area contributed by atoms with Gasteiger partial charge in [-0.3, -0.25) is 14.5 Å². The van der Waals surface area contributed by atoms with Crippen molar-refractivity contribution in [2.75, 3.05) is 5.32 Å². The molecule has 2 atom stereocenters. The van der Waals surface area contributed by atoms with Crippen molar-refractivity contribution in [2.24, 2.45) is 4.99 Å². The summed E-state index contributed by atoms with van der Waals surface area (Å²) in [7, 11) is -3.80. The molecule has 2 aromatic carbocycles. The summed E-state index contributed by atoms with van der Waals surface area (Å²) >= 11 is 0. The molecule has 31 heavy (non-hydrogen) atoms. The molecule has 2 aromatic rings. The van der Waals surface area contributed by atoms with Gasteiger partial charge in [-0.25, -0.2) is 26.4 Å². The molecule has 0 bridgehead atoms. The molecule has 0 radical (unpaired) electrons. The summed E-state index contributed by atoms with van der Waals surface area (Å²) in [4.78, 5) is 28.4. The van der Waals surface area contributed by atoms with E-state index in [0.717, 1.165) is 6.07 Å². The van der Waals surface area contributed by atoms with Crippen molar-refractivity contribution in [1.29, 1.82) is 0 Å². The first-order valence-electron chi connectivity index (χ1n) is 8.86. The number of amides is 1. The summed E-state index contributed by atoms with van der Waals surface area (Å²) in [6, 6.07) is 6.28. The van der Waals surface area contributed by atoms with E-state index in [1.807, 2.05) is 5.32 Å². The Bertz CT molecular complexity index is 1200. The van der Waals surface area contributed by atoms with Gasteiger partial charge in [0.15, 0.2) is 23.6 Å². The van der Waals surface area contributed by atoms with Crippen LogP contribution in [0.15, 0.2) is 46.3 Å². The summed E-state index contributed by atoms with van der Waals surface area (Å²) in [5.74, 6) is -6.80. The van der Waals surface area contributed by atoms with Gasteiger partial charge < -0.3 is 10.1 Å². The molecule has 0 aromatic heterocycles. The number of amidine groups is 1. The highest BCUT2D eigenvalue weighted by Crippen LogP contribution is 2.23. The second kappa shape index (κ2) is 8.38. The Morgan fingerprint density at radius 3 is 2.45 bits per heavy atom. The average Bonchev–Trinajstić information content (AvgIpc) is 2.98. The Morgan fingerprint density at radius 1 is 1.06 bits per heavy atom. The lowest BCUT2D eigenvalue weighted by Crippen LogP contribution is -2.34. The molecule has 0 unspecified atom stereocenters. The van der Waals surface area contributed by atoms with Crippen LogP contribution in [0.5, 0.6) is 0 Å². The highest BCUT2D eigenvalue weighted by molar-refractivity contribution is 7.90. The number of carbonyl (C=O) groups excluding carboxylic acids is 2. The molecule has 0 saturated heterocycles. The van der Waals surface area contributed by atoms with Crippen LogP contribution in [-0.4, -0.2) is 38.3 Å². The summed E-state index contributed by atoms with van der Waals surface area (Å²) < 4.78 is 71.3. The second-order valence-electron chi connectivity index (χ2n) is 6.55. The summed E-state index contributed by atoms with van der Waals surface area (Å²) in [5.41, 5.74) is -0.348. The molecule has 8 nitrogen and oxygen atoms in total. The van der Waals surface area contributed by atoms with Crippen LogP contribution in [0, 0.1) is 17.5 Å². The summed E-state index contributed by atoms with van der Waals surface area (Å²) in [5, 5.41) is 1.99. The first kappa shape index (κ1) is 22.3. The molecule has 0 spiro atoms. The van der Waals surface area contributed by atoms with Gasteiger partial charge in [0.1, 0.15) is 11.9 Å². The van der Waals surface area contributed by atoms with E-state index in [0.29, 0.717) is 6.07 Å². The third-order valence-electron chi connectivity index (χ3n) is 4.28. The van der Waals surface area contributed by atoms with E-state index in [-0.39, 0.29) is 16.3 Å². The molecule has 3 rings (SSSR count). The summed E-state index contributed by atoms with van der Waals surface area (Å²) in [6.45, 7) is 2.50. The maximum atomic E-state index is 13.7. The van der Waals surface area contributed by atoms with Gasteiger partial charge in [-0.1, -0.05) is 12.1 Å². The molecular weight excluding hydrogens is 439 g/mol. The number of esters is 1. The zero-order valence-corrected chi connectivity index (χ0v) is 17.0. The Balaban J connectivity index is 1.68. The SMILES string of the molecule is C[C@H](N=C1NS(=O)(=O)c2ccccc21)C(=O)O[C@H](C)C(=O)Nc1ccc(F)c(F)c1F. The topological polar surface area (TPSA) is 114 Å². The normalized spacial score (nSPS) is 17.4. The Kier molecular flexibility index (Phi) is 6.02. The van der Waals surface area contributed by atoms with Crippen LogP contribution < -0.4 is 10.0 Å². The third-order valence-corrected chi connectivity index (χ3v) is 5.68. The van der Waals surface area contributed by atoms with Crippen molar-refractivity contribution < 1.29 is 35.9 Å². The zero-order valence-electron chi connectivity index (χ0n) is 16.1. The van der Waals surface area contributed by atoms with Crippen LogP contribution in [0.1, 0.15) is 19.4 Å². The fourth-order valence-electron chi connectivity index (χ4n) is 2.66. The number of anilines is 1. The maximum absolute atomic E-state index is 13.7. The van der Waals surface area contributed by atoms with Gasteiger partial charge in [-0.15, -0.1) is 0 Å². The van der Waals surface area contributed by atoms with Crippen LogP contribution in [0.25, 0.3) is 0 Å². The van der Waals surface area contributed by atoms with E-state index in [4.69, 9.17) is 4.74 Å². The quantitative estimate of drug-likeness (QED) is 0.530. The molecule has 0 fully saturated rings. The first-order chi connectivity index (χ1) is 14.5. The molecule has 0 aliphatic carbocycles. The van der Waals surface area contributed by atoms with Crippen LogP contribution in [0.4, 0.5) is 18.9 Å². The molecule has 1 aliphatic heterocycles. The van der Waals surface area contributed by atoms with Crippen molar-refractivity contribution in [3.8, 4) is 0 Å². The molecule has 1 amide bonds. The highest BCUT2D eigenvalue weighted by Gasteiger charge is 2.32. The van der Waals surface area contributed by atoms with Crippen molar-refractivity contribution in [1.82, 2.24) is 4.72 Å². The number of hydrogen-bond donors (Lipinski definition) is 2. The predicted molar refractivity (Wildman–Crippen MR) is 103 cm³/mol. The number of nitrogens with zero attached hydrogens (tertiary/aromatic N) is 1. The minimum atomic E-state index is -3.80. The second-order valence-corrected chi connectivity index (χ2v) is 8.20. The van der Waals surface area contributed by atoms with Crippen molar-refractivity contribution >= 4 is 33.4 Å². The van der Waals surface area contributed by atoms with E-state index >= 15 is 0 Å². The Morgan fingerprint density at radius 2 is 1.74 bits per heavy atom. The van der Waals surface area contributed by atoms with Crippen molar-refractivity contribution in [3.05, 3.63) is 59.4 Å². The molecular formula is C19H16F3N3O5S. The molecule has 2 N–H and O–H groups in total. The number of carbonyl (C=O) groups is 2. The monoisotopic (exact) mass is 455 g/mol. The lowest BCUT2D eigenvalue weighted by molar-refractivity contribution is -0.154. The molecule has 12 heteroatoms. The van der Waals surface area contributed by atoms with E-state index in [9.17, 15) is 31.2 Å². The lowest BCUT2D eigenvalue weighted by atomic mass is 10.2. The third kappa shape index (κ3) is 4.53. The number of fused-ring (bicyclic) bond motifs is 1.